The second-order valence-corrected chi connectivity index (χ2v) is 4.81. The van der Waals surface area contributed by atoms with Gasteiger partial charge < -0.3 is 10.6 Å². The fourth-order valence-corrected chi connectivity index (χ4v) is 2.08. The third-order valence-electron chi connectivity index (χ3n) is 2.60. The first-order chi connectivity index (χ1) is 9.58. The fourth-order valence-electron chi connectivity index (χ4n) is 1.59. The maximum absolute atomic E-state index is 13.4. The molecule has 2 aromatic rings. The molecule has 0 spiro atoms. The summed E-state index contributed by atoms with van der Waals surface area (Å²) in [6.45, 7) is 0.0700. The first-order valence-corrected chi connectivity index (χ1v) is 6.56. The fraction of sp³-hybridized carbons (Fsp3) is 0.0714. The van der Waals surface area contributed by atoms with E-state index in [1.165, 1.54) is 6.07 Å². The molecule has 0 aliphatic rings. The Bertz CT molecular complexity index is 614. The number of para-hydroxylation sites is 1. The molecule has 2 aromatic carbocycles. The van der Waals surface area contributed by atoms with Gasteiger partial charge in [-0.1, -0.05) is 47.5 Å². The van der Waals surface area contributed by atoms with Gasteiger partial charge in [-0.2, -0.15) is 0 Å². The number of halogens is 3. The molecule has 0 aliphatic heterocycles. The summed E-state index contributed by atoms with van der Waals surface area (Å²) in [7, 11) is 0. The predicted octanol–water partition coefficient (Wildman–Crippen LogP) is 4.45. The highest BCUT2D eigenvalue weighted by Gasteiger charge is 2.09. The van der Waals surface area contributed by atoms with Crippen molar-refractivity contribution in [3.63, 3.8) is 0 Å². The van der Waals surface area contributed by atoms with Crippen molar-refractivity contribution in [2.24, 2.45) is 0 Å². The first kappa shape index (κ1) is 14.6. The van der Waals surface area contributed by atoms with Crippen molar-refractivity contribution in [3.8, 4) is 0 Å². The van der Waals surface area contributed by atoms with Crippen LogP contribution in [-0.4, -0.2) is 6.03 Å². The second-order valence-electron chi connectivity index (χ2n) is 4.00. The molecule has 0 aromatic heterocycles. The molecule has 0 fully saturated rings. The number of hydrogen-bond donors (Lipinski definition) is 2. The number of amides is 2. The highest BCUT2D eigenvalue weighted by Crippen LogP contribution is 2.29. The van der Waals surface area contributed by atoms with Crippen LogP contribution in [0.15, 0.2) is 42.5 Å². The minimum Gasteiger partial charge on any atom is -0.334 e. The number of carbonyl (C=O) groups excluding carboxylic acids is 1. The van der Waals surface area contributed by atoms with E-state index in [9.17, 15) is 9.18 Å². The number of benzene rings is 2. The smallest absolute Gasteiger partial charge is 0.319 e. The Hall–Kier alpha value is -1.78. The zero-order valence-corrected chi connectivity index (χ0v) is 11.8. The van der Waals surface area contributed by atoms with Crippen LogP contribution in [0.2, 0.25) is 10.0 Å². The van der Waals surface area contributed by atoms with E-state index >= 15 is 0 Å². The largest absolute Gasteiger partial charge is 0.334 e. The first-order valence-electron chi connectivity index (χ1n) is 5.80. The Kier molecular flexibility index (Phi) is 4.82. The molecule has 3 nitrogen and oxygen atoms in total. The maximum atomic E-state index is 13.4. The van der Waals surface area contributed by atoms with Gasteiger partial charge in [-0.05, 0) is 18.2 Å². The van der Waals surface area contributed by atoms with Gasteiger partial charge in [0.2, 0.25) is 0 Å². The molecule has 2 amide bonds. The molecule has 2 rings (SSSR count). The van der Waals surface area contributed by atoms with E-state index in [4.69, 9.17) is 23.2 Å². The summed E-state index contributed by atoms with van der Waals surface area (Å²) in [6.07, 6.45) is 0. The zero-order chi connectivity index (χ0) is 14.5. The van der Waals surface area contributed by atoms with Crippen molar-refractivity contribution in [1.29, 1.82) is 0 Å². The molecule has 20 heavy (non-hydrogen) atoms. The van der Waals surface area contributed by atoms with Gasteiger partial charge in [-0.25, -0.2) is 9.18 Å². The number of rotatable bonds is 3. The van der Waals surface area contributed by atoms with Crippen LogP contribution in [-0.2, 0) is 6.54 Å². The van der Waals surface area contributed by atoms with Crippen LogP contribution < -0.4 is 10.6 Å². The van der Waals surface area contributed by atoms with Crippen LogP contribution in [0.3, 0.4) is 0 Å². The van der Waals surface area contributed by atoms with Crippen molar-refractivity contribution in [3.05, 3.63) is 63.9 Å². The summed E-state index contributed by atoms with van der Waals surface area (Å²) in [5.41, 5.74) is 0.717. The molecule has 0 atom stereocenters. The third-order valence-corrected chi connectivity index (χ3v) is 3.23. The van der Waals surface area contributed by atoms with Crippen LogP contribution in [0.1, 0.15) is 5.56 Å². The van der Waals surface area contributed by atoms with Crippen LogP contribution in [0, 0.1) is 5.82 Å². The summed E-state index contributed by atoms with van der Waals surface area (Å²) < 4.78 is 13.4. The van der Waals surface area contributed by atoms with Crippen molar-refractivity contribution in [1.82, 2.24) is 5.32 Å². The highest BCUT2D eigenvalue weighted by atomic mass is 35.5. The Morgan fingerprint density at radius 2 is 1.70 bits per heavy atom. The van der Waals surface area contributed by atoms with E-state index in [2.05, 4.69) is 10.6 Å². The number of urea groups is 1. The van der Waals surface area contributed by atoms with Gasteiger partial charge >= 0.3 is 6.03 Å². The zero-order valence-electron chi connectivity index (χ0n) is 10.3. The molecular formula is C14H11Cl2FN2O. The lowest BCUT2D eigenvalue weighted by Gasteiger charge is -2.10. The lowest BCUT2D eigenvalue weighted by Crippen LogP contribution is -2.28. The van der Waals surface area contributed by atoms with Crippen molar-refractivity contribution >= 4 is 34.9 Å². The summed E-state index contributed by atoms with van der Waals surface area (Å²) in [4.78, 5) is 11.7. The van der Waals surface area contributed by atoms with Crippen molar-refractivity contribution < 1.29 is 9.18 Å². The highest BCUT2D eigenvalue weighted by molar-refractivity contribution is 6.39. The molecule has 0 saturated carbocycles. The van der Waals surface area contributed by atoms with Crippen LogP contribution in [0.25, 0.3) is 0 Å². The predicted molar refractivity (Wildman–Crippen MR) is 78.7 cm³/mol. The van der Waals surface area contributed by atoms with Gasteiger partial charge in [-0.15, -0.1) is 0 Å². The Labute approximate surface area is 125 Å². The molecule has 0 aliphatic carbocycles. The number of nitrogens with one attached hydrogen (secondary N) is 2. The van der Waals surface area contributed by atoms with E-state index in [0.717, 1.165) is 0 Å². The monoisotopic (exact) mass is 312 g/mol. The summed E-state index contributed by atoms with van der Waals surface area (Å²) >= 11 is 11.9. The van der Waals surface area contributed by atoms with E-state index in [1.807, 2.05) is 0 Å². The van der Waals surface area contributed by atoms with E-state index in [0.29, 0.717) is 21.3 Å². The summed E-state index contributed by atoms with van der Waals surface area (Å²) in [6, 6.07) is 10.6. The van der Waals surface area contributed by atoms with E-state index in [1.54, 1.807) is 36.4 Å². The quantitative estimate of drug-likeness (QED) is 0.863. The maximum Gasteiger partial charge on any atom is 0.319 e. The van der Waals surface area contributed by atoms with Crippen molar-refractivity contribution in [2.45, 2.75) is 6.54 Å². The number of anilines is 1. The molecule has 2 N–H and O–H groups in total. The topological polar surface area (TPSA) is 41.1 Å². The van der Waals surface area contributed by atoms with Crippen LogP contribution in [0.5, 0.6) is 0 Å². The minimum atomic E-state index is -0.511. The Morgan fingerprint density at radius 3 is 2.35 bits per heavy atom. The Morgan fingerprint density at radius 1 is 1.05 bits per heavy atom. The molecular weight excluding hydrogens is 302 g/mol. The van der Waals surface area contributed by atoms with Gasteiger partial charge in [0, 0.05) is 12.1 Å². The minimum absolute atomic E-state index is 0.0700. The number of hydrogen-bond acceptors (Lipinski definition) is 1. The summed E-state index contributed by atoms with van der Waals surface area (Å²) in [5, 5.41) is 5.73. The molecule has 0 unspecified atom stereocenters. The van der Waals surface area contributed by atoms with Gasteiger partial charge in [0.05, 0.1) is 15.7 Å². The lowest BCUT2D eigenvalue weighted by atomic mass is 10.2. The van der Waals surface area contributed by atoms with Crippen molar-refractivity contribution in [2.75, 3.05) is 5.32 Å². The second kappa shape index (κ2) is 6.59. The molecule has 6 heteroatoms. The van der Waals surface area contributed by atoms with E-state index in [-0.39, 0.29) is 12.4 Å². The van der Waals surface area contributed by atoms with Gasteiger partial charge in [0.25, 0.3) is 0 Å². The normalized spacial score (nSPS) is 10.2. The average Bonchev–Trinajstić information content (AvgIpc) is 2.42. The average molecular weight is 313 g/mol. The molecule has 104 valence electrons. The molecule has 0 radical (unpaired) electrons. The van der Waals surface area contributed by atoms with Crippen LogP contribution in [0.4, 0.5) is 14.9 Å². The lowest BCUT2D eigenvalue weighted by molar-refractivity contribution is 0.251. The SMILES string of the molecule is O=C(NCc1ccccc1F)Nc1c(Cl)cccc1Cl. The Balaban J connectivity index is 1.98. The molecule has 0 saturated heterocycles. The van der Waals surface area contributed by atoms with Gasteiger partial charge in [0.1, 0.15) is 5.82 Å². The van der Waals surface area contributed by atoms with Crippen LogP contribution >= 0.6 is 23.2 Å². The third kappa shape index (κ3) is 3.62. The summed E-state index contributed by atoms with van der Waals surface area (Å²) in [5.74, 6) is -0.372. The number of carbonyl (C=O) groups is 1. The van der Waals surface area contributed by atoms with Gasteiger partial charge in [0.15, 0.2) is 0 Å². The standard InChI is InChI=1S/C14H11Cl2FN2O/c15-10-5-3-6-11(16)13(10)19-14(20)18-8-9-4-1-2-7-12(9)17/h1-7H,8H2,(H2,18,19,20). The van der Waals surface area contributed by atoms with Gasteiger partial charge in [-0.3, -0.25) is 0 Å². The molecule has 0 heterocycles. The van der Waals surface area contributed by atoms with E-state index < -0.39 is 6.03 Å². The molecule has 0 bridgehead atoms.